The molecule has 2 aromatic rings. The van der Waals surface area contributed by atoms with Crippen molar-refractivity contribution in [2.75, 3.05) is 7.11 Å². The van der Waals surface area contributed by atoms with Crippen LogP contribution in [0.1, 0.15) is 21.6 Å². The zero-order chi connectivity index (χ0) is 14.0. The van der Waals surface area contributed by atoms with Gasteiger partial charge in [0.15, 0.2) is 0 Å². The molecule has 2 rings (SSSR count). The minimum absolute atomic E-state index is 0.167. The highest BCUT2D eigenvalue weighted by atomic mass is 16.5. The molecule has 0 unspecified atom stereocenters. The Morgan fingerprint density at radius 3 is 2.74 bits per heavy atom. The highest BCUT2D eigenvalue weighted by Gasteiger charge is 2.17. The van der Waals surface area contributed by atoms with Gasteiger partial charge >= 0.3 is 0 Å². The summed E-state index contributed by atoms with van der Waals surface area (Å²) in [7, 11) is 1.48. The number of rotatable bonds is 3. The predicted octanol–water partition coefficient (Wildman–Crippen LogP) is 0.641. The van der Waals surface area contributed by atoms with Crippen LogP contribution in [-0.2, 0) is 6.54 Å². The van der Waals surface area contributed by atoms with Gasteiger partial charge in [0.25, 0.3) is 11.5 Å². The average molecular weight is 261 g/mol. The van der Waals surface area contributed by atoms with Crippen molar-refractivity contribution in [1.29, 1.82) is 0 Å². The molecule has 0 amide bonds. The summed E-state index contributed by atoms with van der Waals surface area (Å²) in [6.07, 6.45) is 0. The number of aryl methyl sites for hydroxylation is 1. The fourth-order valence-corrected chi connectivity index (χ4v) is 1.81. The molecule has 0 aliphatic heterocycles. The first-order chi connectivity index (χ1) is 9.06. The average Bonchev–Trinajstić information content (AvgIpc) is 2.79. The third-order valence-corrected chi connectivity index (χ3v) is 2.78. The van der Waals surface area contributed by atoms with Gasteiger partial charge in [-0.2, -0.15) is 4.68 Å². The molecular formula is C13H15N3O3. The smallest absolute Gasteiger partial charge is 0.283 e. The summed E-state index contributed by atoms with van der Waals surface area (Å²) in [6.45, 7) is 2.03. The van der Waals surface area contributed by atoms with Gasteiger partial charge in [-0.25, -0.2) is 0 Å². The number of carbonyl (C=O) groups excluding carboxylic acids is 1. The molecule has 1 heterocycles. The second kappa shape index (κ2) is 5.11. The molecule has 6 heteroatoms. The van der Waals surface area contributed by atoms with Gasteiger partial charge in [-0.3, -0.25) is 14.7 Å². The van der Waals surface area contributed by atoms with Crippen molar-refractivity contribution in [1.82, 2.24) is 9.78 Å². The molecule has 0 fully saturated rings. The summed E-state index contributed by atoms with van der Waals surface area (Å²) in [5, 5.41) is 2.67. The summed E-state index contributed by atoms with van der Waals surface area (Å²) in [5.74, 6) is -0.0448. The number of methoxy groups -OCH3 is 1. The van der Waals surface area contributed by atoms with Crippen LogP contribution in [0.25, 0.3) is 0 Å². The van der Waals surface area contributed by atoms with E-state index in [0.717, 1.165) is 10.2 Å². The van der Waals surface area contributed by atoms with E-state index in [9.17, 15) is 9.59 Å². The van der Waals surface area contributed by atoms with Gasteiger partial charge in [-0.05, 0) is 19.1 Å². The van der Waals surface area contributed by atoms with Crippen LogP contribution in [0.15, 0.2) is 29.1 Å². The topological polar surface area (TPSA) is 90.1 Å². The van der Waals surface area contributed by atoms with Crippen LogP contribution in [0.2, 0.25) is 0 Å². The van der Waals surface area contributed by atoms with Crippen molar-refractivity contribution in [3.63, 3.8) is 0 Å². The van der Waals surface area contributed by atoms with E-state index in [4.69, 9.17) is 10.5 Å². The Hall–Kier alpha value is -2.34. The lowest BCUT2D eigenvalue weighted by molar-refractivity contribution is 0.0937. The van der Waals surface area contributed by atoms with E-state index in [1.807, 2.05) is 13.0 Å². The highest BCUT2D eigenvalue weighted by Crippen LogP contribution is 2.20. The van der Waals surface area contributed by atoms with E-state index in [0.29, 0.717) is 17.0 Å². The minimum Gasteiger partial charge on any atom is -0.496 e. The number of benzene rings is 1. The predicted molar refractivity (Wildman–Crippen MR) is 70.4 cm³/mol. The fraction of sp³-hybridized carbons (Fsp3) is 0.231. The molecule has 0 radical (unpaired) electrons. The Labute approximate surface area is 109 Å². The molecule has 0 saturated heterocycles. The molecular weight excluding hydrogens is 246 g/mol. The second-order valence-corrected chi connectivity index (χ2v) is 4.17. The van der Waals surface area contributed by atoms with Crippen LogP contribution in [-0.4, -0.2) is 22.8 Å². The molecule has 1 aromatic carbocycles. The Morgan fingerprint density at radius 2 is 2.16 bits per heavy atom. The van der Waals surface area contributed by atoms with E-state index in [1.54, 1.807) is 12.1 Å². The van der Waals surface area contributed by atoms with Crippen molar-refractivity contribution < 1.29 is 9.53 Å². The first-order valence-corrected chi connectivity index (χ1v) is 5.77. The maximum Gasteiger partial charge on any atom is 0.283 e. The summed E-state index contributed by atoms with van der Waals surface area (Å²) in [6, 6.07) is 6.51. The molecule has 19 heavy (non-hydrogen) atoms. The molecule has 0 aliphatic carbocycles. The van der Waals surface area contributed by atoms with Crippen molar-refractivity contribution in [3.8, 4) is 5.75 Å². The monoisotopic (exact) mass is 261 g/mol. The van der Waals surface area contributed by atoms with Crippen LogP contribution < -0.4 is 16.0 Å². The number of aromatic nitrogens is 2. The highest BCUT2D eigenvalue weighted by molar-refractivity contribution is 5.98. The minimum atomic E-state index is -0.467. The molecule has 0 atom stereocenters. The van der Waals surface area contributed by atoms with Crippen molar-refractivity contribution in [2.24, 2.45) is 5.73 Å². The normalized spacial score (nSPS) is 10.5. The van der Waals surface area contributed by atoms with Crippen LogP contribution in [0, 0.1) is 6.92 Å². The van der Waals surface area contributed by atoms with Gasteiger partial charge in [0.05, 0.1) is 18.4 Å². The summed E-state index contributed by atoms with van der Waals surface area (Å²) >= 11 is 0. The zero-order valence-corrected chi connectivity index (χ0v) is 10.8. The number of hydrogen-bond donors (Lipinski definition) is 2. The van der Waals surface area contributed by atoms with Crippen LogP contribution in [0.5, 0.6) is 5.75 Å². The Balaban J connectivity index is 2.52. The molecule has 0 saturated carbocycles. The maximum atomic E-state index is 12.3. The van der Waals surface area contributed by atoms with Gasteiger partial charge in [-0.1, -0.05) is 11.6 Å². The molecule has 0 spiro atoms. The summed E-state index contributed by atoms with van der Waals surface area (Å²) in [5.41, 5.74) is 6.73. The number of nitrogens with two attached hydrogens (primary N) is 1. The molecule has 6 nitrogen and oxygen atoms in total. The third kappa shape index (κ3) is 2.43. The summed E-state index contributed by atoms with van der Waals surface area (Å²) in [4.78, 5) is 24.1. The molecule has 3 N–H and O–H groups in total. The van der Waals surface area contributed by atoms with Gasteiger partial charge in [0.1, 0.15) is 5.75 Å². The lowest BCUT2D eigenvalue weighted by Crippen LogP contribution is -2.25. The molecule has 1 aromatic heterocycles. The van der Waals surface area contributed by atoms with E-state index in [1.165, 1.54) is 13.2 Å². The van der Waals surface area contributed by atoms with Crippen molar-refractivity contribution in [3.05, 3.63) is 51.4 Å². The first-order valence-electron chi connectivity index (χ1n) is 5.77. The lowest BCUT2D eigenvalue weighted by Gasteiger charge is -2.08. The number of carbonyl (C=O) groups is 1. The van der Waals surface area contributed by atoms with Crippen LogP contribution in [0.4, 0.5) is 0 Å². The number of ether oxygens (including phenoxy) is 1. The SMILES string of the molecule is COc1ccc(C)cc1C(=O)n1[nH]c(CN)cc1=O. The van der Waals surface area contributed by atoms with E-state index in [-0.39, 0.29) is 6.54 Å². The number of hydrogen-bond acceptors (Lipinski definition) is 4. The standard InChI is InChI=1S/C13H15N3O3/c1-8-3-4-11(19-2)10(5-8)13(18)16-12(17)6-9(7-14)15-16/h3-6,15H,7,14H2,1-2H3. The Kier molecular flexibility index (Phi) is 3.52. The van der Waals surface area contributed by atoms with E-state index < -0.39 is 11.5 Å². The van der Waals surface area contributed by atoms with Crippen molar-refractivity contribution in [2.45, 2.75) is 13.5 Å². The number of nitrogens with one attached hydrogen (secondary N) is 1. The molecule has 100 valence electrons. The van der Waals surface area contributed by atoms with Crippen molar-refractivity contribution >= 4 is 5.91 Å². The van der Waals surface area contributed by atoms with Gasteiger partial charge in [0, 0.05) is 12.6 Å². The first kappa shape index (κ1) is 13.1. The van der Waals surface area contributed by atoms with Gasteiger partial charge in [-0.15, -0.1) is 0 Å². The lowest BCUT2D eigenvalue weighted by atomic mass is 10.1. The van der Waals surface area contributed by atoms with E-state index >= 15 is 0 Å². The number of aromatic amines is 1. The summed E-state index contributed by atoms with van der Waals surface area (Å²) < 4.78 is 6.07. The molecule has 0 aliphatic rings. The maximum absolute atomic E-state index is 12.3. The van der Waals surface area contributed by atoms with Gasteiger partial charge in [0.2, 0.25) is 0 Å². The quantitative estimate of drug-likeness (QED) is 0.848. The number of nitrogens with zero attached hydrogens (tertiary/aromatic N) is 1. The number of H-pyrrole nitrogens is 1. The largest absolute Gasteiger partial charge is 0.496 e. The third-order valence-electron chi connectivity index (χ3n) is 2.78. The molecule has 0 bridgehead atoms. The zero-order valence-electron chi connectivity index (χ0n) is 10.8. The van der Waals surface area contributed by atoms with Crippen LogP contribution >= 0.6 is 0 Å². The Morgan fingerprint density at radius 1 is 1.42 bits per heavy atom. The van der Waals surface area contributed by atoms with E-state index in [2.05, 4.69) is 5.10 Å². The Bertz CT molecular complexity index is 670. The second-order valence-electron chi connectivity index (χ2n) is 4.17. The fourth-order valence-electron chi connectivity index (χ4n) is 1.81. The van der Waals surface area contributed by atoms with Gasteiger partial charge < -0.3 is 10.5 Å². The van der Waals surface area contributed by atoms with Crippen LogP contribution in [0.3, 0.4) is 0 Å².